The molecule has 0 amide bonds. The van der Waals surface area contributed by atoms with E-state index in [9.17, 15) is 9.50 Å². The van der Waals surface area contributed by atoms with Crippen molar-refractivity contribution in [1.29, 1.82) is 0 Å². The average Bonchev–Trinajstić information content (AvgIpc) is 2.58. The van der Waals surface area contributed by atoms with Crippen LogP contribution in [-0.4, -0.2) is 59.2 Å². The van der Waals surface area contributed by atoms with Gasteiger partial charge in [-0.25, -0.2) is 4.39 Å². The van der Waals surface area contributed by atoms with Crippen molar-refractivity contribution >= 4 is 0 Å². The number of pyridine rings is 1. The summed E-state index contributed by atoms with van der Waals surface area (Å²) in [5.41, 5.74) is 0.854. The zero-order valence-corrected chi connectivity index (χ0v) is 10.9. The summed E-state index contributed by atoms with van der Waals surface area (Å²) in [5.74, 6) is -0.309. The molecule has 0 aliphatic carbocycles. The Morgan fingerprint density at radius 2 is 2.28 bits per heavy atom. The lowest BCUT2D eigenvalue weighted by atomic mass is 10.2. The minimum absolute atomic E-state index is 0.281. The lowest BCUT2D eigenvalue weighted by Gasteiger charge is -2.26. The van der Waals surface area contributed by atoms with E-state index in [-0.39, 0.29) is 11.9 Å². The third-order valence-corrected chi connectivity index (χ3v) is 3.23. The highest BCUT2D eigenvalue weighted by molar-refractivity contribution is 5.10. The summed E-state index contributed by atoms with van der Waals surface area (Å²) in [6.07, 6.45) is 3.39. The summed E-state index contributed by atoms with van der Waals surface area (Å²) in [4.78, 5) is 8.16. The van der Waals surface area contributed by atoms with Gasteiger partial charge in [0, 0.05) is 31.9 Å². The Morgan fingerprint density at radius 1 is 1.50 bits per heavy atom. The molecule has 100 valence electrons. The first-order valence-electron chi connectivity index (χ1n) is 6.21. The Morgan fingerprint density at radius 3 is 2.94 bits per heavy atom. The number of hydrogen-bond acceptors (Lipinski definition) is 4. The number of aromatic nitrogens is 1. The molecule has 4 nitrogen and oxygen atoms in total. The van der Waals surface area contributed by atoms with E-state index < -0.39 is 0 Å². The van der Waals surface area contributed by atoms with E-state index in [1.807, 2.05) is 14.1 Å². The Hall–Kier alpha value is -1.04. The van der Waals surface area contributed by atoms with Crippen molar-refractivity contribution < 1.29 is 9.50 Å². The molecule has 1 fully saturated rings. The molecule has 1 aromatic heterocycles. The zero-order chi connectivity index (χ0) is 13.1. The predicted octanol–water partition coefficient (Wildman–Crippen LogP) is 0.717. The highest BCUT2D eigenvalue weighted by Gasteiger charge is 2.30. The number of halogens is 1. The topological polar surface area (TPSA) is 39.6 Å². The lowest BCUT2D eigenvalue weighted by Crippen LogP contribution is -2.37. The second kappa shape index (κ2) is 5.73. The summed E-state index contributed by atoms with van der Waals surface area (Å²) >= 11 is 0. The van der Waals surface area contributed by atoms with Gasteiger partial charge in [-0.05, 0) is 32.1 Å². The first-order valence-corrected chi connectivity index (χ1v) is 6.21. The van der Waals surface area contributed by atoms with Crippen LogP contribution < -0.4 is 0 Å². The van der Waals surface area contributed by atoms with Crippen LogP contribution in [0.3, 0.4) is 0 Å². The van der Waals surface area contributed by atoms with E-state index in [2.05, 4.69) is 14.8 Å². The van der Waals surface area contributed by atoms with Crippen LogP contribution in [0.5, 0.6) is 0 Å². The summed E-state index contributed by atoms with van der Waals surface area (Å²) in [6.45, 7) is 2.19. The molecular formula is C13H20FN3O. The average molecular weight is 253 g/mol. The number of hydrogen-bond donors (Lipinski definition) is 1. The second-order valence-corrected chi connectivity index (χ2v) is 5.25. The van der Waals surface area contributed by atoms with E-state index in [1.54, 1.807) is 6.20 Å². The molecule has 0 bridgehead atoms. The molecule has 1 aromatic rings. The maximum Gasteiger partial charge on any atom is 0.141 e. The van der Waals surface area contributed by atoms with Crippen molar-refractivity contribution in [2.24, 2.45) is 0 Å². The first-order chi connectivity index (χ1) is 8.54. The van der Waals surface area contributed by atoms with Gasteiger partial charge >= 0.3 is 0 Å². The number of likely N-dealkylation sites (N-methyl/N-ethyl adjacent to an activating group) is 1. The molecule has 0 aromatic carbocycles. The number of aliphatic hydroxyl groups excluding tert-OH is 1. The fourth-order valence-corrected chi connectivity index (χ4v) is 2.54. The van der Waals surface area contributed by atoms with Crippen molar-refractivity contribution in [2.75, 3.05) is 27.2 Å². The number of aliphatic hydroxyl groups is 1. The Labute approximate surface area is 107 Å². The molecule has 1 saturated heterocycles. The van der Waals surface area contributed by atoms with E-state index in [4.69, 9.17) is 0 Å². The SMILES string of the molecule is CN(C)CC1CC(O)CN1Cc1cncc(F)c1. The van der Waals surface area contributed by atoms with Crippen molar-refractivity contribution in [3.8, 4) is 0 Å². The maximum absolute atomic E-state index is 13.1. The van der Waals surface area contributed by atoms with Crippen LogP contribution in [0.1, 0.15) is 12.0 Å². The lowest BCUT2D eigenvalue weighted by molar-refractivity contribution is 0.169. The minimum Gasteiger partial charge on any atom is -0.392 e. The molecule has 0 spiro atoms. The van der Waals surface area contributed by atoms with Gasteiger partial charge in [0.15, 0.2) is 0 Å². The highest BCUT2D eigenvalue weighted by Crippen LogP contribution is 2.21. The van der Waals surface area contributed by atoms with E-state index in [0.717, 1.165) is 18.5 Å². The van der Waals surface area contributed by atoms with Gasteiger partial charge in [-0.2, -0.15) is 0 Å². The van der Waals surface area contributed by atoms with Crippen LogP contribution in [0.15, 0.2) is 18.5 Å². The summed E-state index contributed by atoms with van der Waals surface area (Å²) in [6, 6.07) is 1.82. The van der Waals surface area contributed by atoms with Gasteiger partial charge in [0.25, 0.3) is 0 Å². The van der Waals surface area contributed by atoms with Crippen molar-refractivity contribution in [3.05, 3.63) is 29.8 Å². The van der Waals surface area contributed by atoms with Crippen molar-refractivity contribution in [1.82, 2.24) is 14.8 Å². The number of likely N-dealkylation sites (tertiary alicyclic amines) is 1. The molecule has 0 saturated carbocycles. The standard InChI is InChI=1S/C13H20FN3O/c1-16(2)8-12-4-13(18)9-17(12)7-10-3-11(14)6-15-5-10/h3,5-6,12-13,18H,4,7-9H2,1-2H3. The number of rotatable bonds is 4. The van der Waals surface area contributed by atoms with Gasteiger partial charge in [-0.1, -0.05) is 0 Å². The van der Waals surface area contributed by atoms with Gasteiger partial charge in [-0.15, -0.1) is 0 Å². The Kier molecular flexibility index (Phi) is 4.27. The van der Waals surface area contributed by atoms with Gasteiger partial charge < -0.3 is 10.0 Å². The summed E-state index contributed by atoms with van der Waals surface area (Å²) in [7, 11) is 4.04. The van der Waals surface area contributed by atoms with Crippen molar-refractivity contribution in [3.63, 3.8) is 0 Å². The van der Waals surface area contributed by atoms with Gasteiger partial charge in [0.1, 0.15) is 5.82 Å². The molecular weight excluding hydrogens is 233 g/mol. The molecule has 2 heterocycles. The minimum atomic E-state index is -0.309. The molecule has 2 rings (SSSR count). The zero-order valence-electron chi connectivity index (χ0n) is 10.9. The van der Waals surface area contributed by atoms with Crippen LogP contribution in [0, 0.1) is 5.82 Å². The van der Waals surface area contributed by atoms with Crippen LogP contribution in [0.25, 0.3) is 0 Å². The van der Waals surface area contributed by atoms with Crippen LogP contribution in [-0.2, 0) is 6.54 Å². The molecule has 2 unspecified atom stereocenters. The molecule has 5 heteroatoms. The Bertz CT molecular complexity index is 400. The normalized spacial score (nSPS) is 24.9. The summed E-state index contributed by atoms with van der Waals surface area (Å²) in [5, 5.41) is 9.77. The third kappa shape index (κ3) is 3.48. The quantitative estimate of drug-likeness (QED) is 0.858. The number of nitrogens with zero attached hydrogens (tertiary/aromatic N) is 3. The first kappa shape index (κ1) is 13.4. The van der Waals surface area contributed by atoms with E-state index in [1.165, 1.54) is 12.3 Å². The largest absolute Gasteiger partial charge is 0.392 e. The fourth-order valence-electron chi connectivity index (χ4n) is 2.54. The molecule has 2 atom stereocenters. The smallest absolute Gasteiger partial charge is 0.141 e. The predicted molar refractivity (Wildman–Crippen MR) is 67.6 cm³/mol. The van der Waals surface area contributed by atoms with Gasteiger partial charge in [0.05, 0.1) is 12.3 Å². The monoisotopic (exact) mass is 253 g/mol. The number of β-amino-alcohol motifs (C(OH)–C–C–N with tert-alkyl or cyclic N) is 1. The summed E-state index contributed by atoms with van der Waals surface area (Å²) < 4.78 is 13.1. The molecule has 1 aliphatic heterocycles. The molecule has 1 N–H and O–H groups in total. The van der Waals surface area contributed by atoms with Crippen molar-refractivity contribution in [2.45, 2.75) is 25.1 Å². The molecule has 18 heavy (non-hydrogen) atoms. The molecule has 0 radical (unpaired) electrons. The Balaban J connectivity index is 2.02. The molecule has 1 aliphatic rings. The van der Waals surface area contributed by atoms with E-state index in [0.29, 0.717) is 19.1 Å². The van der Waals surface area contributed by atoms with Crippen LogP contribution in [0.4, 0.5) is 4.39 Å². The van der Waals surface area contributed by atoms with Crippen LogP contribution in [0.2, 0.25) is 0 Å². The third-order valence-electron chi connectivity index (χ3n) is 3.23. The maximum atomic E-state index is 13.1. The highest BCUT2D eigenvalue weighted by atomic mass is 19.1. The fraction of sp³-hybridized carbons (Fsp3) is 0.615. The second-order valence-electron chi connectivity index (χ2n) is 5.25. The van der Waals surface area contributed by atoms with Gasteiger partial charge in [0.2, 0.25) is 0 Å². The van der Waals surface area contributed by atoms with Gasteiger partial charge in [-0.3, -0.25) is 9.88 Å². The van der Waals surface area contributed by atoms with Crippen LogP contribution >= 0.6 is 0 Å². The van der Waals surface area contributed by atoms with E-state index >= 15 is 0 Å².